The van der Waals surface area contributed by atoms with E-state index in [1.54, 1.807) is 13.2 Å². The lowest BCUT2D eigenvalue weighted by Crippen LogP contribution is -2.47. The van der Waals surface area contributed by atoms with Crippen molar-refractivity contribution in [2.24, 2.45) is 11.5 Å². The molecule has 4 heteroatoms. The monoisotopic (exact) mass is 206 g/mol. The molecule has 0 aromatic heterocycles. The highest BCUT2D eigenvalue weighted by atomic mass is 16.5. The van der Waals surface area contributed by atoms with Crippen molar-refractivity contribution in [2.45, 2.75) is 18.4 Å². The number of fused-ring (bicyclic) bond motifs is 1. The lowest BCUT2D eigenvalue weighted by molar-refractivity contribution is -0.123. The predicted octanol–water partition coefficient (Wildman–Crippen LogP) is 0.281. The molecule has 1 aliphatic rings. The second kappa shape index (κ2) is 3.24. The van der Waals surface area contributed by atoms with Crippen LogP contribution in [-0.2, 0) is 16.8 Å². The average Bonchev–Trinajstić information content (AvgIpc) is 2.57. The van der Waals surface area contributed by atoms with Crippen LogP contribution in [0, 0.1) is 0 Å². The number of rotatable bonds is 2. The molecule has 0 spiro atoms. The van der Waals surface area contributed by atoms with E-state index < -0.39 is 11.4 Å². The number of carbonyl (C=O) groups excluding carboxylic acids is 1. The van der Waals surface area contributed by atoms with Gasteiger partial charge >= 0.3 is 0 Å². The van der Waals surface area contributed by atoms with Crippen molar-refractivity contribution >= 4 is 5.91 Å². The molecule has 2 rings (SSSR count). The zero-order valence-corrected chi connectivity index (χ0v) is 8.62. The fraction of sp³-hybridized carbons (Fsp3) is 0.364. The molecule has 0 bridgehead atoms. The number of primary amides is 1. The Kier molecular flexibility index (Phi) is 2.16. The predicted molar refractivity (Wildman–Crippen MR) is 56.4 cm³/mol. The van der Waals surface area contributed by atoms with Gasteiger partial charge in [0.25, 0.3) is 0 Å². The van der Waals surface area contributed by atoms with E-state index in [1.807, 2.05) is 12.1 Å². The fourth-order valence-corrected chi connectivity index (χ4v) is 2.04. The van der Waals surface area contributed by atoms with Gasteiger partial charge in [-0.2, -0.15) is 0 Å². The van der Waals surface area contributed by atoms with Crippen molar-refractivity contribution < 1.29 is 9.53 Å². The number of aryl methyl sites for hydroxylation is 1. The Bertz CT molecular complexity index is 417. The van der Waals surface area contributed by atoms with Crippen LogP contribution in [0.5, 0.6) is 5.75 Å². The first-order chi connectivity index (χ1) is 7.08. The van der Waals surface area contributed by atoms with Gasteiger partial charge in [0.1, 0.15) is 11.3 Å². The largest absolute Gasteiger partial charge is 0.497 e. The van der Waals surface area contributed by atoms with Crippen LogP contribution in [0.25, 0.3) is 0 Å². The van der Waals surface area contributed by atoms with Gasteiger partial charge in [0.2, 0.25) is 5.91 Å². The first kappa shape index (κ1) is 9.98. The SMILES string of the molecule is COc1ccc2c(c1)C(N)(C(N)=O)CC2. The van der Waals surface area contributed by atoms with Crippen LogP contribution < -0.4 is 16.2 Å². The molecule has 1 unspecified atom stereocenters. The van der Waals surface area contributed by atoms with Gasteiger partial charge in [0, 0.05) is 0 Å². The van der Waals surface area contributed by atoms with Gasteiger partial charge in [-0.3, -0.25) is 4.79 Å². The molecule has 4 N–H and O–H groups in total. The number of amides is 1. The van der Waals surface area contributed by atoms with Crippen molar-refractivity contribution in [2.75, 3.05) is 7.11 Å². The van der Waals surface area contributed by atoms with Crippen molar-refractivity contribution in [1.29, 1.82) is 0 Å². The number of ether oxygens (including phenoxy) is 1. The van der Waals surface area contributed by atoms with Gasteiger partial charge in [-0.05, 0) is 36.1 Å². The zero-order chi connectivity index (χ0) is 11.1. The summed E-state index contributed by atoms with van der Waals surface area (Å²) in [5, 5.41) is 0. The van der Waals surface area contributed by atoms with Crippen LogP contribution >= 0.6 is 0 Å². The Labute approximate surface area is 88.2 Å². The molecule has 4 nitrogen and oxygen atoms in total. The molecule has 0 aliphatic heterocycles. The van der Waals surface area contributed by atoms with Gasteiger partial charge in [-0.15, -0.1) is 0 Å². The number of hydrogen-bond acceptors (Lipinski definition) is 3. The Morgan fingerprint density at radius 2 is 2.27 bits per heavy atom. The number of carbonyl (C=O) groups is 1. The molecule has 15 heavy (non-hydrogen) atoms. The summed E-state index contributed by atoms with van der Waals surface area (Å²) in [5.74, 6) is 0.223. The molecule has 0 radical (unpaired) electrons. The van der Waals surface area contributed by atoms with Crippen LogP contribution in [0.15, 0.2) is 18.2 Å². The Morgan fingerprint density at radius 1 is 1.53 bits per heavy atom. The van der Waals surface area contributed by atoms with E-state index in [2.05, 4.69) is 0 Å². The molecular formula is C11H14N2O2. The van der Waals surface area contributed by atoms with Gasteiger partial charge in [0.05, 0.1) is 7.11 Å². The molecule has 1 aromatic rings. The van der Waals surface area contributed by atoms with E-state index in [4.69, 9.17) is 16.2 Å². The smallest absolute Gasteiger partial charge is 0.242 e. The van der Waals surface area contributed by atoms with E-state index in [0.717, 1.165) is 17.5 Å². The highest BCUT2D eigenvalue weighted by Gasteiger charge is 2.40. The molecule has 1 amide bonds. The summed E-state index contributed by atoms with van der Waals surface area (Å²) in [4.78, 5) is 11.3. The van der Waals surface area contributed by atoms with Crippen molar-refractivity contribution in [3.63, 3.8) is 0 Å². The summed E-state index contributed by atoms with van der Waals surface area (Å²) in [6.45, 7) is 0. The molecule has 80 valence electrons. The van der Waals surface area contributed by atoms with Gasteiger partial charge in [-0.1, -0.05) is 6.07 Å². The molecule has 0 heterocycles. The topological polar surface area (TPSA) is 78.3 Å². The van der Waals surface area contributed by atoms with Gasteiger partial charge in [-0.25, -0.2) is 0 Å². The van der Waals surface area contributed by atoms with Crippen LogP contribution in [0.3, 0.4) is 0 Å². The van der Waals surface area contributed by atoms with Gasteiger partial charge < -0.3 is 16.2 Å². The third-order valence-electron chi connectivity index (χ3n) is 3.03. The summed E-state index contributed by atoms with van der Waals surface area (Å²) in [7, 11) is 1.58. The van der Waals surface area contributed by atoms with E-state index in [1.165, 1.54) is 0 Å². The number of nitrogens with two attached hydrogens (primary N) is 2. The lowest BCUT2D eigenvalue weighted by Gasteiger charge is -2.21. The summed E-state index contributed by atoms with van der Waals surface area (Å²) < 4.78 is 5.10. The average molecular weight is 206 g/mol. The first-order valence-corrected chi connectivity index (χ1v) is 4.84. The maximum atomic E-state index is 11.3. The van der Waals surface area contributed by atoms with E-state index >= 15 is 0 Å². The van der Waals surface area contributed by atoms with Crippen LogP contribution in [0.4, 0.5) is 0 Å². The Hall–Kier alpha value is -1.55. The minimum absolute atomic E-state index is 0.477. The van der Waals surface area contributed by atoms with Crippen molar-refractivity contribution in [3.05, 3.63) is 29.3 Å². The standard InChI is InChI=1S/C11H14N2O2/c1-15-8-3-2-7-4-5-11(13,10(12)14)9(7)6-8/h2-3,6H,4-5,13H2,1H3,(H2,12,14). The first-order valence-electron chi connectivity index (χ1n) is 4.84. The minimum Gasteiger partial charge on any atom is -0.497 e. The van der Waals surface area contributed by atoms with E-state index in [-0.39, 0.29) is 0 Å². The second-order valence-corrected chi connectivity index (χ2v) is 3.86. The highest BCUT2D eigenvalue weighted by Crippen LogP contribution is 2.36. The van der Waals surface area contributed by atoms with E-state index in [9.17, 15) is 4.79 Å². The summed E-state index contributed by atoms with van der Waals surface area (Å²) >= 11 is 0. The van der Waals surface area contributed by atoms with Gasteiger partial charge in [0.15, 0.2) is 0 Å². The normalized spacial score (nSPS) is 23.6. The summed E-state index contributed by atoms with van der Waals surface area (Å²) in [6.07, 6.45) is 1.36. The third-order valence-corrected chi connectivity index (χ3v) is 3.03. The Balaban J connectivity index is 2.53. The van der Waals surface area contributed by atoms with Crippen LogP contribution in [0.1, 0.15) is 17.5 Å². The molecule has 0 fully saturated rings. The minimum atomic E-state index is -1.02. The molecule has 1 aliphatic carbocycles. The summed E-state index contributed by atoms with van der Waals surface area (Å²) in [6, 6.07) is 5.60. The number of hydrogen-bond donors (Lipinski definition) is 2. The second-order valence-electron chi connectivity index (χ2n) is 3.86. The molecule has 1 aromatic carbocycles. The maximum Gasteiger partial charge on any atom is 0.242 e. The quantitative estimate of drug-likeness (QED) is 0.729. The number of benzene rings is 1. The summed E-state index contributed by atoms with van der Waals surface area (Å²) in [5.41, 5.74) is 12.2. The van der Waals surface area contributed by atoms with E-state index in [0.29, 0.717) is 12.2 Å². The zero-order valence-electron chi connectivity index (χ0n) is 8.62. The molecular weight excluding hydrogens is 192 g/mol. The van der Waals surface area contributed by atoms with Crippen molar-refractivity contribution in [1.82, 2.24) is 0 Å². The highest BCUT2D eigenvalue weighted by molar-refractivity contribution is 5.87. The molecule has 0 saturated heterocycles. The molecule has 0 saturated carbocycles. The molecule has 1 atom stereocenters. The maximum absolute atomic E-state index is 11.3. The van der Waals surface area contributed by atoms with Crippen LogP contribution in [0.2, 0.25) is 0 Å². The van der Waals surface area contributed by atoms with Crippen LogP contribution in [-0.4, -0.2) is 13.0 Å². The fourth-order valence-electron chi connectivity index (χ4n) is 2.04. The third kappa shape index (κ3) is 1.37. The number of methoxy groups -OCH3 is 1. The Morgan fingerprint density at radius 3 is 2.87 bits per heavy atom. The lowest BCUT2D eigenvalue weighted by atomic mass is 9.92. The van der Waals surface area contributed by atoms with Crippen molar-refractivity contribution in [3.8, 4) is 5.75 Å².